The normalized spacial score (nSPS) is 12.0. The third-order valence-electron chi connectivity index (χ3n) is 3.21. The second-order valence-electron chi connectivity index (χ2n) is 4.88. The topological polar surface area (TPSA) is 71.5 Å². The number of thioether (sulfide) groups is 1. The zero-order valence-corrected chi connectivity index (χ0v) is 14.7. The van der Waals surface area contributed by atoms with Crippen molar-refractivity contribution in [3.05, 3.63) is 35.3 Å². The van der Waals surface area contributed by atoms with Crippen LogP contribution in [0.3, 0.4) is 0 Å². The van der Waals surface area contributed by atoms with E-state index in [0.29, 0.717) is 13.0 Å². The number of carbonyl (C=O) groups excluding carboxylic acids is 1. The molecule has 2 rings (SSSR count). The van der Waals surface area contributed by atoms with Gasteiger partial charge in [0.15, 0.2) is 0 Å². The Hall–Kier alpha value is -1.57. The Balaban J connectivity index is 1.93. The highest BCUT2D eigenvalue weighted by atomic mass is 32.2. The van der Waals surface area contributed by atoms with Crippen LogP contribution in [0.1, 0.15) is 11.3 Å². The maximum absolute atomic E-state index is 11.8. The Morgan fingerprint density at radius 3 is 3.09 bits per heavy atom. The molecule has 1 aromatic carbocycles. The SMILES string of the molecule is COc1cccc(-c2ncc(CNC(=O)C(O)CCSC)s2)c1. The van der Waals surface area contributed by atoms with Gasteiger partial charge in [0.25, 0.3) is 0 Å². The molecule has 5 nitrogen and oxygen atoms in total. The molecule has 1 heterocycles. The number of rotatable bonds is 8. The first-order chi connectivity index (χ1) is 11.1. The van der Waals surface area contributed by atoms with Crippen LogP contribution in [0.15, 0.2) is 30.5 Å². The van der Waals surface area contributed by atoms with E-state index < -0.39 is 6.10 Å². The first-order valence-electron chi connectivity index (χ1n) is 7.18. The number of ether oxygens (including phenoxy) is 1. The Kier molecular flexibility index (Phi) is 6.88. The zero-order chi connectivity index (χ0) is 16.7. The number of methoxy groups -OCH3 is 1. The number of thiazole rings is 1. The predicted octanol–water partition coefficient (Wildman–Crippen LogP) is 2.55. The van der Waals surface area contributed by atoms with Gasteiger partial charge in [-0.15, -0.1) is 11.3 Å². The largest absolute Gasteiger partial charge is 0.497 e. The molecular formula is C16H20N2O3S2. The van der Waals surface area contributed by atoms with Gasteiger partial charge in [-0.1, -0.05) is 12.1 Å². The lowest BCUT2D eigenvalue weighted by Gasteiger charge is -2.09. The first kappa shape index (κ1) is 17.8. The van der Waals surface area contributed by atoms with E-state index >= 15 is 0 Å². The molecule has 0 saturated carbocycles. The van der Waals surface area contributed by atoms with E-state index in [2.05, 4.69) is 10.3 Å². The van der Waals surface area contributed by atoms with E-state index in [0.717, 1.165) is 27.0 Å². The van der Waals surface area contributed by atoms with Gasteiger partial charge < -0.3 is 15.2 Å². The molecule has 2 aromatic rings. The number of benzene rings is 1. The quantitative estimate of drug-likeness (QED) is 0.764. The second-order valence-corrected chi connectivity index (χ2v) is 6.98. The lowest BCUT2D eigenvalue weighted by atomic mass is 10.2. The molecule has 0 spiro atoms. The van der Waals surface area contributed by atoms with Crippen molar-refractivity contribution >= 4 is 29.0 Å². The van der Waals surface area contributed by atoms with Crippen LogP contribution < -0.4 is 10.1 Å². The van der Waals surface area contributed by atoms with Gasteiger partial charge >= 0.3 is 0 Å². The van der Waals surface area contributed by atoms with Crippen molar-refractivity contribution in [1.29, 1.82) is 0 Å². The van der Waals surface area contributed by atoms with Crippen molar-refractivity contribution in [1.82, 2.24) is 10.3 Å². The molecule has 1 unspecified atom stereocenters. The number of hydrogen-bond acceptors (Lipinski definition) is 6. The molecule has 1 amide bonds. The summed E-state index contributed by atoms with van der Waals surface area (Å²) in [5, 5.41) is 13.3. The van der Waals surface area contributed by atoms with E-state index in [1.165, 1.54) is 11.3 Å². The summed E-state index contributed by atoms with van der Waals surface area (Å²) in [5.74, 6) is 1.20. The van der Waals surface area contributed by atoms with Gasteiger partial charge in [-0.2, -0.15) is 11.8 Å². The van der Waals surface area contributed by atoms with Crippen LogP contribution in [0, 0.1) is 0 Å². The highest BCUT2D eigenvalue weighted by Crippen LogP contribution is 2.27. The standard InChI is InChI=1S/C16H20N2O3S2/c1-21-12-5-3-4-11(8-12)16-18-10-13(23-16)9-17-15(20)14(19)6-7-22-2/h3-5,8,10,14,19H,6-7,9H2,1-2H3,(H,17,20). The number of carbonyl (C=O) groups is 1. The smallest absolute Gasteiger partial charge is 0.249 e. The van der Waals surface area contributed by atoms with Crippen molar-refractivity contribution in [3.8, 4) is 16.3 Å². The van der Waals surface area contributed by atoms with Crippen LogP contribution in [0.5, 0.6) is 5.75 Å². The van der Waals surface area contributed by atoms with Crippen molar-refractivity contribution in [2.24, 2.45) is 0 Å². The number of nitrogens with zero attached hydrogens (tertiary/aromatic N) is 1. The van der Waals surface area contributed by atoms with Gasteiger partial charge in [-0.3, -0.25) is 4.79 Å². The van der Waals surface area contributed by atoms with Crippen LogP contribution in [-0.4, -0.2) is 41.2 Å². The molecule has 124 valence electrons. The van der Waals surface area contributed by atoms with Crippen molar-refractivity contribution in [2.75, 3.05) is 19.1 Å². The second kappa shape index (κ2) is 8.90. The van der Waals surface area contributed by atoms with Crippen molar-refractivity contribution in [3.63, 3.8) is 0 Å². The van der Waals surface area contributed by atoms with Gasteiger partial charge in [0.2, 0.25) is 5.91 Å². The van der Waals surface area contributed by atoms with E-state index in [-0.39, 0.29) is 5.91 Å². The lowest BCUT2D eigenvalue weighted by molar-refractivity contribution is -0.129. The molecule has 0 aliphatic carbocycles. The van der Waals surface area contributed by atoms with E-state index in [9.17, 15) is 9.90 Å². The Labute approximate surface area is 144 Å². The minimum absolute atomic E-state index is 0.338. The summed E-state index contributed by atoms with van der Waals surface area (Å²) in [6, 6.07) is 7.69. The first-order valence-corrected chi connectivity index (χ1v) is 9.39. The Morgan fingerprint density at radius 1 is 1.52 bits per heavy atom. The molecule has 0 radical (unpaired) electrons. The van der Waals surface area contributed by atoms with Crippen molar-refractivity contribution in [2.45, 2.75) is 19.1 Å². The highest BCUT2D eigenvalue weighted by Gasteiger charge is 2.14. The molecular weight excluding hydrogens is 332 g/mol. The Morgan fingerprint density at radius 2 is 2.35 bits per heavy atom. The maximum atomic E-state index is 11.8. The van der Waals surface area contributed by atoms with Crippen molar-refractivity contribution < 1.29 is 14.6 Å². The molecule has 1 atom stereocenters. The molecule has 0 aliphatic rings. The van der Waals surface area contributed by atoms with Gasteiger partial charge in [-0.05, 0) is 30.6 Å². The highest BCUT2D eigenvalue weighted by molar-refractivity contribution is 7.98. The molecule has 0 saturated heterocycles. The van der Waals surface area contributed by atoms with Gasteiger partial charge in [0.1, 0.15) is 16.9 Å². The summed E-state index contributed by atoms with van der Waals surface area (Å²) < 4.78 is 5.21. The van der Waals surface area contributed by atoms with Crippen LogP contribution in [0.2, 0.25) is 0 Å². The van der Waals surface area contributed by atoms with E-state index in [4.69, 9.17) is 4.74 Å². The summed E-state index contributed by atoms with van der Waals surface area (Å²) in [6.07, 6.45) is 3.20. The zero-order valence-electron chi connectivity index (χ0n) is 13.1. The van der Waals surface area contributed by atoms with Gasteiger partial charge in [0, 0.05) is 16.6 Å². The lowest BCUT2D eigenvalue weighted by Crippen LogP contribution is -2.34. The number of nitrogens with one attached hydrogen (secondary N) is 1. The number of aliphatic hydroxyl groups is 1. The minimum Gasteiger partial charge on any atom is -0.497 e. The Bertz CT molecular complexity index is 646. The monoisotopic (exact) mass is 352 g/mol. The molecule has 23 heavy (non-hydrogen) atoms. The fourth-order valence-corrected chi connectivity index (χ4v) is 3.24. The third kappa shape index (κ3) is 5.23. The summed E-state index contributed by atoms with van der Waals surface area (Å²) in [5.41, 5.74) is 0.979. The fourth-order valence-electron chi connectivity index (χ4n) is 1.93. The van der Waals surface area contributed by atoms with E-state index in [1.807, 2.05) is 30.5 Å². The van der Waals surface area contributed by atoms with Gasteiger partial charge in [-0.25, -0.2) is 4.98 Å². The van der Waals surface area contributed by atoms with E-state index in [1.54, 1.807) is 25.1 Å². The minimum atomic E-state index is -0.951. The summed E-state index contributed by atoms with van der Waals surface area (Å²) >= 11 is 3.12. The molecule has 1 aromatic heterocycles. The van der Waals surface area contributed by atoms with Crippen LogP contribution >= 0.6 is 23.1 Å². The molecule has 0 aliphatic heterocycles. The average molecular weight is 352 g/mol. The number of aliphatic hydroxyl groups excluding tert-OH is 1. The predicted molar refractivity (Wildman–Crippen MR) is 95.0 cm³/mol. The third-order valence-corrected chi connectivity index (χ3v) is 4.90. The number of hydrogen-bond donors (Lipinski definition) is 2. The molecule has 0 fully saturated rings. The fraction of sp³-hybridized carbons (Fsp3) is 0.375. The molecule has 2 N–H and O–H groups in total. The van der Waals surface area contributed by atoms with Gasteiger partial charge in [0.05, 0.1) is 13.7 Å². The average Bonchev–Trinajstić information content (AvgIpc) is 3.06. The molecule has 0 bridgehead atoms. The van der Waals surface area contributed by atoms with Crippen LogP contribution in [0.4, 0.5) is 0 Å². The van der Waals surface area contributed by atoms with Crippen LogP contribution in [-0.2, 0) is 11.3 Å². The number of amides is 1. The molecule has 7 heteroatoms. The summed E-state index contributed by atoms with van der Waals surface area (Å²) in [7, 11) is 1.63. The summed E-state index contributed by atoms with van der Waals surface area (Å²) in [4.78, 5) is 17.1. The maximum Gasteiger partial charge on any atom is 0.249 e. The number of aromatic nitrogens is 1. The van der Waals surface area contributed by atoms with Crippen LogP contribution in [0.25, 0.3) is 10.6 Å². The summed E-state index contributed by atoms with van der Waals surface area (Å²) in [6.45, 7) is 0.372.